The molecule has 1 aliphatic rings. The van der Waals surface area contributed by atoms with E-state index in [1.807, 2.05) is 6.07 Å². The molecule has 0 N–H and O–H groups in total. The Bertz CT molecular complexity index is 741. The van der Waals surface area contributed by atoms with E-state index in [2.05, 4.69) is 4.98 Å². The fraction of sp³-hybridized carbons (Fsp3) is 0.556. The maximum absolute atomic E-state index is 12.7. The molecule has 0 aliphatic heterocycles. The second-order valence-corrected chi connectivity index (χ2v) is 7.86. The number of aromatic nitrogens is 2. The molecule has 0 bridgehead atoms. The van der Waals surface area contributed by atoms with Gasteiger partial charge in [-0.1, -0.05) is 12.8 Å². The van der Waals surface area contributed by atoms with E-state index in [4.69, 9.17) is 0 Å². The summed E-state index contributed by atoms with van der Waals surface area (Å²) in [7, 11) is 1.60. The van der Waals surface area contributed by atoms with Crippen LogP contribution in [0.5, 0.6) is 0 Å². The Morgan fingerprint density at radius 2 is 2.00 bits per heavy atom. The van der Waals surface area contributed by atoms with E-state index in [1.54, 1.807) is 7.05 Å². The number of fused-ring (bicyclic) bond motifs is 1. The lowest BCUT2D eigenvalue weighted by molar-refractivity contribution is -0.141. The van der Waals surface area contributed by atoms with Crippen LogP contribution in [0, 0.1) is 0 Å². The Kier molecular flexibility index (Phi) is 5.70. The summed E-state index contributed by atoms with van der Waals surface area (Å²) in [4.78, 5) is 20.1. The van der Waals surface area contributed by atoms with Gasteiger partial charge in [0.2, 0.25) is 0 Å². The highest BCUT2D eigenvalue weighted by Gasteiger charge is 2.29. The maximum atomic E-state index is 12.7. The topological polar surface area (TPSA) is 38.1 Å². The molecule has 26 heavy (non-hydrogen) atoms. The average Bonchev–Trinajstić information content (AvgIpc) is 3.12. The van der Waals surface area contributed by atoms with Gasteiger partial charge in [-0.15, -0.1) is 11.3 Å². The molecule has 0 saturated carbocycles. The Morgan fingerprint density at radius 1 is 1.27 bits per heavy atom. The van der Waals surface area contributed by atoms with Gasteiger partial charge in [-0.05, 0) is 37.3 Å². The summed E-state index contributed by atoms with van der Waals surface area (Å²) in [5.41, 5.74) is 1.25. The molecule has 4 nitrogen and oxygen atoms in total. The minimum Gasteiger partial charge on any atom is -0.334 e. The van der Waals surface area contributed by atoms with Gasteiger partial charge < -0.3 is 9.47 Å². The number of aryl methyl sites for hydroxylation is 2. The normalized spacial score (nSPS) is 15.2. The van der Waals surface area contributed by atoms with Crippen LogP contribution in [0.3, 0.4) is 0 Å². The minimum absolute atomic E-state index is 0.0461. The van der Waals surface area contributed by atoms with Gasteiger partial charge in [-0.25, -0.2) is 4.98 Å². The van der Waals surface area contributed by atoms with Gasteiger partial charge in [-0.2, -0.15) is 13.2 Å². The number of rotatable bonds is 4. The van der Waals surface area contributed by atoms with E-state index in [9.17, 15) is 18.0 Å². The number of halogens is 3. The first-order chi connectivity index (χ1) is 12.3. The third-order valence-electron chi connectivity index (χ3n) is 4.58. The lowest BCUT2D eigenvalue weighted by Gasteiger charge is -2.17. The van der Waals surface area contributed by atoms with Crippen molar-refractivity contribution < 1.29 is 18.0 Å². The van der Waals surface area contributed by atoms with E-state index >= 15 is 0 Å². The molecule has 1 amide bonds. The predicted octanol–water partition coefficient (Wildman–Crippen LogP) is 4.44. The lowest BCUT2D eigenvalue weighted by Crippen LogP contribution is -2.28. The first-order valence-electron chi connectivity index (χ1n) is 8.77. The fourth-order valence-electron chi connectivity index (χ4n) is 3.25. The number of thiophene rings is 1. The molecule has 0 unspecified atom stereocenters. The van der Waals surface area contributed by atoms with Gasteiger partial charge in [0.1, 0.15) is 12.4 Å². The molecular formula is C18H22F3N3OS. The molecule has 0 fully saturated rings. The van der Waals surface area contributed by atoms with Gasteiger partial charge in [0, 0.05) is 24.3 Å². The van der Waals surface area contributed by atoms with Crippen molar-refractivity contribution in [2.24, 2.45) is 0 Å². The van der Waals surface area contributed by atoms with Gasteiger partial charge in [0.15, 0.2) is 0 Å². The Hall–Kier alpha value is -1.83. The largest absolute Gasteiger partial charge is 0.406 e. The van der Waals surface area contributed by atoms with Crippen molar-refractivity contribution in [3.8, 4) is 0 Å². The Balaban J connectivity index is 1.71. The van der Waals surface area contributed by atoms with Crippen LogP contribution in [0.2, 0.25) is 0 Å². The zero-order chi connectivity index (χ0) is 18.7. The van der Waals surface area contributed by atoms with E-state index in [0.717, 1.165) is 30.3 Å². The van der Waals surface area contributed by atoms with Gasteiger partial charge in [0.25, 0.3) is 5.91 Å². The van der Waals surface area contributed by atoms with Crippen molar-refractivity contribution in [2.45, 2.75) is 57.8 Å². The van der Waals surface area contributed by atoms with Crippen LogP contribution in [0.4, 0.5) is 13.2 Å². The van der Waals surface area contributed by atoms with Crippen LogP contribution in [-0.2, 0) is 25.9 Å². The molecule has 8 heteroatoms. The number of carbonyl (C=O) groups excluding carboxylic acids is 1. The SMILES string of the molecule is CN(Cc1nccn1CC(F)(F)F)C(=O)c1cc2c(s1)CCCCCC2. The zero-order valence-corrected chi connectivity index (χ0v) is 15.5. The van der Waals surface area contributed by atoms with Crippen LogP contribution < -0.4 is 0 Å². The van der Waals surface area contributed by atoms with Crippen molar-refractivity contribution in [2.75, 3.05) is 7.05 Å². The molecule has 0 aromatic carbocycles. The molecule has 142 valence electrons. The zero-order valence-electron chi connectivity index (χ0n) is 14.7. The standard InChI is InChI=1S/C18H22F3N3OS/c1-23(11-16-22-8-9-24(16)12-18(19,20)21)17(25)15-10-13-6-4-2-3-5-7-14(13)26-15/h8-10H,2-7,11-12H2,1H3. The van der Waals surface area contributed by atoms with E-state index in [0.29, 0.717) is 4.88 Å². The maximum Gasteiger partial charge on any atom is 0.406 e. The molecule has 0 radical (unpaired) electrons. The molecule has 0 spiro atoms. The second-order valence-electron chi connectivity index (χ2n) is 6.72. The fourth-order valence-corrected chi connectivity index (χ4v) is 4.50. The number of amides is 1. The average molecular weight is 385 g/mol. The van der Waals surface area contributed by atoms with E-state index in [-0.39, 0.29) is 18.3 Å². The predicted molar refractivity (Wildman–Crippen MR) is 94.3 cm³/mol. The van der Waals surface area contributed by atoms with Crippen molar-refractivity contribution in [3.05, 3.63) is 39.6 Å². The van der Waals surface area contributed by atoms with Crippen LogP contribution in [0.15, 0.2) is 18.5 Å². The summed E-state index contributed by atoms with van der Waals surface area (Å²) >= 11 is 1.52. The highest BCUT2D eigenvalue weighted by Crippen LogP contribution is 2.29. The van der Waals surface area contributed by atoms with Crippen molar-refractivity contribution in [1.82, 2.24) is 14.5 Å². The van der Waals surface area contributed by atoms with Crippen LogP contribution in [0.1, 0.15) is 51.6 Å². The number of carbonyl (C=O) groups is 1. The molecule has 0 saturated heterocycles. The van der Waals surface area contributed by atoms with Gasteiger partial charge in [0.05, 0.1) is 11.4 Å². The van der Waals surface area contributed by atoms with E-state index in [1.165, 1.54) is 51.9 Å². The van der Waals surface area contributed by atoms with Crippen molar-refractivity contribution in [1.29, 1.82) is 0 Å². The smallest absolute Gasteiger partial charge is 0.334 e. The van der Waals surface area contributed by atoms with Crippen molar-refractivity contribution >= 4 is 17.2 Å². The highest BCUT2D eigenvalue weighted by atomic mass is 32.1. The Labute approximate surface area is 154 Å². The molecular weight excluding hydrogens is 363 g/mol. The molecule has 2 aromatic rings. The number of hydrogen-bond acceptors (Lipinski definition) is 3. The third kappa shape index (κ3) is 4.66. The number of nitrogens with zero attached hydrogens (tertiary/aromatic N) is 3. The van der Waals surface area contributed by atoms with Crippen molar-refractivity contribution in [3.63, 3.8) is 0 Å². The van der Waals surface area contributed by atoms with Crippen LogP contribution in [-0.4, -0.2) is 33.6 Å². The van der Waals surface area contributed by atoms with Crippen LogP contribution in [0.25, 0.3) is 0 Å². The van der Waals surface area contributed by atoms with Gasteiger partial charge in [-0.3, -0.25) is 4.79 Å². The summed E-state index contributed by atoms with van der Waals surface area (Å²) < 4.78 is 38.9. The second kappa shape index (κ2) is 7.82. The number of alkyl halides is 3. The van der Waals surface area contributed by atoms with Crippen LogP contribution >= 0.6 is 11.3 Å². The summed E-state index contributed by atoms with van der Waals surface area (Å²) in [6.07, 6.45) is 5.04. The number of hydrogen-bond donors (Lipinski definition) is 0. The quantitative estimate of drug-likeness (QED) is 0.781. The summed E-state index contributed by atoms with van der Waals surface area (Å²) in [6.45, 7) is -1.05. The third-order valence-corrected chi connectivity index (χ3v) is 5.81. The first kappa shape index (κ1) is 18.9. The molecule has 3 rings (SSSR count). The number of imidazole rings is 1. The van der Waals surface area contributed by atoms with E-state index < -0.39 is 12.7 Å². The molecule has 2 aromatic heterocycles. The Morgan fingerprint density at radius 3 is 2.73 bits per heavy atom. The summed E-state index contributed by atoms with van der Waals surface area (Å²) in [6, 6.07) is 1.96. The first-order valence-corrected chi connectivity index (χ1v) is 9.59. The summed E-state index contributed by atoms with van der Waals surface area (Å²) in [5, 5.41) is 0. The summed E-state index contributed by atoms with van der Waals surface area (Å²) in [5.74, 6) is 0.0661. The lowest BCUT2D eigenvalue weighted by atomic mass is 10.00. The molecule has 2 heterocycles. The molecule has 0 atom stereocenters. The highest BCUT2D eigenvalue weighted by molar-refractivity contribution is 7.14. The monoisotopic (exact) mass is 385 g/mol. The molecule has 1 aliphatic carbocycles. The minimum atomic E-state index is -4.32. The van der Waals surface area contributed by atoms with Gasteiger partial charge >= 0.3 is 6.18 Å².